The molecule has 1 unspecified atom stereocenters. The second-order valence-electron chi connectivity index (χ2n) is 14.2. The molecule has 2 saturated heterocycles. The predicted octanol–water partition coefficient (Wildman–Crippen LogP) is 3.05. The van der Waals surface area contributed by atoms with Crippen molar-refractivity contribution in [3.8, 4) is 0 Å². The van der Waals surface area contributed by atoms with Crippen LogP contribution in [0.5, 0.6) is 0 Å². The Bertz CT molecular complexity index is 869. The van der Waals surface area contributed by atoms with Gasteiger partial charge in [0.25, 0.3) is 0 Å². The SMILES string of the molecule is CO[C@]1(C)C[C@@H](C)CN(C)CCC(N(C)C)CCCOC(=O)C(C)(C)C(=O)[C@H](C)[C@H]1O[C@@H]1O[C@H](C)C[C@H](N(C)C)[C@H]1O. The number of nitrogens with zero attached hydrogens (tertiary/aromatic N) is 3. The van der Waals surface area contributed by atoms with Crippen LogP contribution < -0.4 is 0 Å². The van der Waals surface area contributed by atoms with Gasteiger partial charge in [0.15, 0.2) is 12.1 Å². The van der Waals surface area contributed by atoms with Gasteiger partial charge in [-0.15, -0.1) is 0 Å². The highest BCUT2D eigenvalue weighted by Crippen LogP contribution is 2.38. The molecule has 246 valence electrons. The number of hydrogen-bond acceptors (Lipinski definition) is 10. The van der Waals surface area contributed by atoms with Gasteiger partial charge in [0.1, 0.15) is 11.5 Å². The van der Waals surface area contributed by atoms with E-state index < -0.39 is 41.4 Å². The summed E-state index contributed by atoms with van der Waals surface area (Å²) >= 11 is 0. The van der Waals surface area contributed by atoms with Crippen LogP contribution in [0.2, 0.25) is 0 Å². The second kappa shape index (κ2) is 15.7. The lowest BCUT2D eigenvalue weighted by Gasteiger charge is -2.47. The Hall–Kier alpha value is -1.14. The van der Waals surface area contributed by atoms with Gasteiger partial charge in [-0.3, -0.25) is 9.59 Å². The molecule has 2 aliphatic heterocycles. The summed E-state index contributed by atoms with van der Waals surface area (Å²) in [6.07, 6.45) is 1.07. The molecule has 0 aromatic rings. The predicted molar refractivity (Wildman–Crippen MR) is 164 cm³/mol. The maximum atomic E-state index is 14.1. The highest BCUT2D eigenvalue weighted by atomic mass is 16.7. The second-order valence-corrected chi connectivity index (χ2v) is 14.2. The van der Waals surface area contributed by atoms with Gasteiger partial charge in [0, 0.05) is 31.7 Å². The zero-order chi connectivity index (χ0) is 32.0. The van der Waals surface area contributed by atoms with Gasteiger partial charge in [-0.25, -0.2) is 0 Å². The van der Waals surface area contributed by atoms with Crippen LogP contribution in [0.4, 0.5) is 0 Å². The van der Waals surface area contributed by atoms with E-state index in [1.165, 1.54) is 0 Å². The molecular weight excluding hydrogens is 538 g/mol. The van der Waals surface area contributed by atoms with E-state index in [9.17, 15) is 14.7 Å². The molecule has 2 rings (SSSR count). The minimum Gasteiger partial charge on any atom is -0.465 e. The molecule has 0 aromatic heterocycles. The Morgan fingerprint density at radius 3 is 2.24 bits per heavy atom. The summed E-state index contributed by atoms with van der Waals surface area (Å²) in [5.41, 5.74) is -2.30. The molecule has 0 aliphatic carbocycles. The Balaban J connectivity index is 2.49. The van der Waals surface area contributed by atoms with Crippen molar-refractivity contribution in [3.05, 3.63) is 0 Å². The van der Waals surface area contributed by atoms with Crippen LogP contribution in [0.25, 0.3) is 0 Å². The first-order valence-electron chi connectivity index (χ1n) is 15.7. The Morgan fingerprint density at radius 1 is 1.02 bits per heavy atom. The number of Topliss-reactive ketones (excluding diaryl/α,β-unsaturated/α-hetero) is 1. The molecule has 10 nitrogen and oxygen atoms in total. The van der Waals surface area contributed by atoms with Gasteiger partial charge in [-0.2, -0.15) is 0 Å². The molecule has 10 heteroatoms. The van der Waals surface area contributed by atoms with Crippen LogP contribution in [0.15, 0.2) is 0 Å². The molecule has 0 bridgehead atoms. The Labute approximate surface area is 255 Å². The highest BCUT2D eigenvalue weighted by molar-refractivity contribution is 6.04. The van der Waals surface area contributed by atoms with Gasteiger partial charge < -0.3 is 38.8 Å². The largest absolute Gasteiger partial charge is 0.465 e. The van der Waals surface area contributed by atoms with Crippen LogP contribution in [0, 0.1) is 17.3 Å². The molecule has 2 heterocycles. The third kappa shape index (κ3) is 9.43. The first kappa shape index (κ1) is 37.0. The molecule has 2 aliphatic rings. The highest BCUT2D eigenvalue weighted by Gasteiger charge is 2.51. The van der Waals surface area contributed by atoms with Crippen LogP contribution in [0.1, 0.15) is 73.6 Å². The summed E-state index contributed by atoms with van der Waals surface area (Å²) < 4.78 is 24.6. The van der Waals surface area contributed by atoms with Crippen molar-refractivity contribution in [1.82, 2.24) is 14.7 Å². The molecular formula is C32H61N3O7. The molecule has 9 atom stereocenters. The van der Waals surface area contributed by atoms with Crippen molar-refractivity contribution in [1.29, 1.82) is 0 Å². The van der Waals surface area contributed by atoms with E-state index in [1.54, 1.807) is 27.9 Å². The third-order valence-corrected chi connectivity index (χ3v) is 9.49. The van der Waals surface area contributed by atoms with Gasteiger partial charge in [-0.1, -0.05) is 13.8 Å². The fraction of sp³-hybridized carbons (Fsp3) is 0.938. The quantitative estimate of drug-likeness (QED) is 0.375. The number of rotatable bonds is 5. The van der Waals surface area contributed by atoms with E-state index in [0.29, 0.717) is 18.9 Å². The summed E-state index contributed by atoms with van der Waals surface area (Å²) in [5, 5.41) is 11.3. The standard InChI is InChI=1S/C32H61N3O7/c1-21-19-32(6,39-12)28(42-29-26(36)25(34(9)10)18-22(2)41-29)23(3)27(37)31(4,5)30(38)40-17-13-14-24(33(7)8)15-16-35(11)20-21/h21-26,28-29,36H,13-20H2,1-12H3/t21-,22-,23+,24?,25+,26-,28-,29+,32-/m1/s1. The number of aliphatic hydroxyl groups is 1. The number of aliphatic hydroxyl groups excluding tert-OH is 1. The summed E-state index contributed by atoms with van der Waals surface area (Å²) in [6, 6.07) is 0.197. The summed E-state index contributed by atoms with van der Waals surface area (Å²) in [6.45, 7) is 13.2. The van der Waals surface area contributed by atoms with Crippen molar-refractivity contribution in [2.75, 3.05) is 62.0 Å². The van der Waals surface area contributed by atoms with E-state index in [1.807, 2.05) is 32.8 Å². The van der Waals surface area contributed by atoms with Crippen molar-refractivity contribution in [2.24, 2.45) is 17.3 Å². The number of carbonyl (C=O) groups excluding carboxylic acids is 2. The molecule has 2 fully saturated rings. The van der Waals surface area contributed by atoms with Crippen LogP contribution >= 0.6 is 0 Å². The third-order valence-electron chi connectivity index (χ3n) is 9.49. The van der Waals surface area contributed by atoms with Crippen LogP contribution in [-0.2, 0) is 28.5 Å². The van der Waals surface area contributed by atoms with Gasteiger partial charge in [0.2, 0.25) is 0 Å². The number of cyclic esters (lactones) is 1. The average Bonchev–Trinajstić information content (AvgIpc) is 2.90. The smallest absolute Gasteiger partial charge is 0.319 e. The lowest BCUT2D eigenvalue weighted by Crippen LogP contribution is -2.59. The van der Waals surface area contributed by atoms with E-state index in [4.69, 9.17) is 18.9 Å². The van der Waals surface area contributed by atoms with E-state index in [2.05, 4.69) is 37.9 Å². The maximum Gasteiger partial charge on any atom is 0.319 e. The maximum absolute atomic E-state index is 14.1. The first-order valence-corrected chi connectivity index (χ1v) is 15.7. The van der Waals surface area contributed by atoms with Gasteiger partial charge in [0.05, 0.1) is 24.4 Å². The van der Waals surface area contributed by atoms with Crippen LogP contribution in [0.3, 0.4) is 0 Å². The number of ketones is 1. The topological polar surface area (TPSA) is 101 Å². The van der Waals surface area contributed by atoms with Crippen molar-refractivity contribution in [2.45, 2.75) is 116 Å². The molecule has 0 aromatic carbocycles. The monoisotopic (exact) mass is 599 g/mol. The molecule has 1 N–H and O–H groups in total. The normalized spacial score (nSPS) is 38.8. The fourth-order valence-electron chi connectivity index (χ4n) is 6.79. The number of hydrogen-bond donors (Lipinski definition) is 1. The van der Waals surface area contributed by atoms with E-state index >= 15 is 0 Å². The zero-order valence-corrected chi connectivity index (χ0v) is 28.5. The number of ether oxygens (including phenoxy) is 4. The fourth-order valence-corrected chi connectivity index (χ4v) is 6.79. The Kier molecular flexibility index (Phi) is 13.9. The summed E-state index contributed by atoms with van der Waals surface area (Å²) in [5.74, 6) is -1.36. The number of methoxy groups -OCH3 is 1. The minimum absolute atomic E-state index is 0.147. The molecule has 0 amide bonds. The van der Waals surface area contributed by atoms with E-state index in [0.717, 1.165) is 32.4 Å². The summed E-state index contributed by atoms with van der Waals surface area (Å²) in [4.78, 5) is 34.0. The molecule has 42 heavy (non-hydrogen) atoms. The number of esters is 1. The van der Waals surface area contributed by atoms with Crippen molar-refractivity contribution < 1.29 is 33.6 Å². The number of likely N-dealkylation sites (N-methyl/N-ethyl adjacent to an activating group) is 1. The molecule has 0 saturated carbocycles. The average molecular weight is 600 g/mol. The lowest BCUT2D eigenvalue weighted by atomic mass is 9.74. The Morgan fingerprint density at radius 2 is 1.67 bits per heavy atom. The molecule has 0 spiro atoms. The lowest BCUT2D eigenvalue weighted by molar-refractivity contribution is -0.295. The van der Waals surface area contributed by atoms with Gasteiger partial charge >= 0.3 is 5.97 Å². The minimum atomic E-state index is -1.39. The molecule has 0 radical (unpaired) electrons. The van der Waals surface area contributed by atoms with Crippen LogP contribution in [-0.4, -0.2) is 136 Å². The first-order chi connectivity index (χ1) is 19.4. The van der Waals surface area contributed by atoms with E-state index in [-0.39, 0.29) is 30.5 Å². The number of carbonyl (C=O) groups is 2. The zero-order valence-electron chi connectivity index (χ0n) is 28.5. The van der Waals surface area contributed by atoms with Crippen molar-refractivity contribution >= 4 is 11.8 Å². The summed E-state index contributed by atoms with van der Waals surface area (Å²) in [7, 11) is 11.8. The van der Waals surface area contributed by atoms with Gasteiger partial charge in [-0.05, 0) is 108 Å². The van der Waals surface area contributed by atoms with Crippen molar-refractivity contribution in [3.63, 3.8) is 0 Å².